The molecule has 2 heterocycles. The predicted octanol–water partition coefficient (Wildman–Crippen LogP) is 15.2. The summed E-state index contributed by atoms with van der Waals surface area (Å²) < 4.78 is 0. The lowest BCUT2D eigenvalue weighted by Gasteiger charge is -2.29. The summed E-state index contributed by atoms with van der Waals surface area (Å²) in [5, 5.41) is 0. The number of pyridine rings is 2. The van der Waals surface area contributed by atoms with Crippen LogP contribution >= 0.6 is 0 Å². The van der Waals surface area contributed by atoms with E-state index < -0.39 is 0 Å². The van der Waals surface area contributed by atoms with Crippen LogP contribution in [0.1, 0.15) is 22.3 Å². The van der Waals surface area contributed by atoms with Crippen molar-refractivity contribution in [1.29, 1.82) is 0 Å². The summed E-state index contributed by atoms with van der Waals surface area (Å²) in [5.74, 6) is 0. The average molecular weight is 760 g/mol. The Morgan fingerprint density at radius 2 is 0.712 bits per heavy atom. The first-order chi connectivity index (χ1) is 28.9. The van der Waals surface area contributed by atoms with E-state index in [0.717, 1.165) is 73.0 Å². The lowest BCUT2D eigenvalue weighted by molar-refractivity contribution is 1.23. The maximum absolute atomic E-state index is 5.07. The molecule has 3 nitrogen and oxygen atoms in total. The SMILES string of the molecule is Cc1ccc(C)c(N(c2cc(-c3ccccc3)cc(-c3cc(-c4ccccc4)c(C)cn3)c2)c2cc(-c3ccccc3)cc(-c3cc(-c4ccccc4)c(C)cn3)c2)c1. The van der Waals surface area contributed by atoms with E-state index in [-0.39, 0.29) is 0 Å². The molecular weight excluding hydrogens is 715 g/mol. The molecule has 59 heavy (non-hydrogen) atoms. The minimum Gasteiger partial charge on any atom is -0.310 e. The van der Waals surface area contributed by atoms with E-state index in [9.17, 15) is 0 Å². The summed E-state index contributed by atoms with van der Waals surface area (Å²) >= 11 is 0. The second-order valence-corrected chi connectivity index (χ2v) is 15.4. The van der Waals surface area contributed by atoms with Crippen LogP contribution in [0.25, 0.3) is 67.0 Å². The summed E-state index contributed by atoms with van der Waals surface area (Å²) in [6.07, 6.45) is 4.01. The standard InChI is InChI=1S/C56H45N3/c1-38-25-26-39(2)56(27-38)59(50-30-46(42-17-9-5-10-18-42)28-48(32-50)54-34-52(40(3)36-57-54)44-21-13-7-14-22-44)51-31-47(43-19-11-6-12-20-43)29-49(33-51)55-35-53(41(4)37-58-55)45-23-15-8-16-24-45/h5-37H,1-4H3. The fourth-order valence-electron chi connectivity index (χ4n) is 7.98. The van der Waals surface area contributed by atoms with E-state index in [1.807, 2.05) is 12.4 Å². The van der Waals surface area contributed by atoms with Crippen molar-refractivity contribution < 1.29 is 0 Å². The molecule has 7 aromatic carbocycles. The van der Waals surface area contributed by atoms with E-state index in [4.69, 9.17) is 9.97 Å². The van der Waals surface area contributed by atoms with Gasteiger partial charge in [-0.05, 0) is 149 Å². The van der Waals surface area contributed by atoms with Gasteiger partial charge in [0.05, 0.1) is 11.4 Å². The Labute approximate surface area is 348 Å². The Kier molecular flexibility index (Phi) is 10.3. The largest absolute Gasteiger partial charge is 0.310 e. The normalized spacial score (nSPS) is 11.1. The molecular formula is C56H45N3. The summed E-state index contributed by atoms with van der Waals surface area (Å²) in [7, 11) is 0. The first-order valence-electron chi connectivity index (χ1n) is 20.2. The van der Waals surface area contributed by atoms with Crippen molar-refractivity contribution in [3.8, 4) is 67.0 Å². The predicted molar refractivity (Wildman–Crippen MR) is 248 cm³/mol. The van der Waals surface area contributed by atoms with Gasteiger partial charge in [-0.1, -0.05) is 133 Å². The van der Waals surface area contributed by atoms with Gasteiger partial charge in [0.15, 0.2) is 0 Å². The summed E-state index contributed by atoms with van der Waals surface area (Å²) in [4.78, 5) is 12.6. The summed E-state index contributed by atoms with van der Waals surface area (Å²) in [6.45, 7) is 8.64. The molecule has 0 amide bonds. The van der Waals surface area contributed by atoms with Gasteiger partial charge in [0, 0.05) is 40.6 Å². The monoisotopic (exact) mass is 759 g/mol. The Bertz CT molecular complexity index is 2730. The minimum absolute atomic E-state index is 0.922. The molecule has 0 radical (unpaired) electrons. The molecule has 0 spiro atoms. The fraction of sp³-hybridized carbons (Fsp3) is 0.0714. The van der Waals surface area contributed by atoms with Gasteiger partial charge in [-0.25, -0.2) is 0 Å². The molecule has 0 bridgehead atoms. The highest BCUT2D eigenvalue weighted by atomic mass is 15.1. The Hall–Kier alpha value is -7.36. The number of aromatic nitrogens is 2. The molecule has 0 N–H and O–H groups in total. The smallest absolute Gasteiger partial charge is 0.0709 e. The van der Waals surface area contributed by atoms with E-state index in [1.165, 1.54) is 33.4 Å². The number of aryl methyl sites for hydroxylation is 4. The maximum atomic E-state index is 5.07. The number of hydrogen-bond donors (Lipinski definition) is 0. The van der Waals surface area contributed by atoms with Crippen LogP contribution in [0.15, 0.2) is 200 Å². The van der Waals surface area contributed by atoms with Gasteiger partial charge in [-0.2, -0.15) is 0 Å². The van der Waals surface area contributed by atoms with Crippen LogP contribution in [-0.2, 0) is 0 Å². The van der Waals surface area contributed by atoms with Crippen molar-refractivity contribution in [3.05, 3.63) is 223 Å². The first-order valence-corrected chi connectivity index (χ1v) is 20.2. The van der Waals surface area contributed by atoms with Crippen molar-refractivity contribution in [2.24, 2.45) is 0 Å². The lowest BCUT2D eigenvalue weighted by Crippen LogP contribution is -2.12. The Morgan fingerprint density at radius 1 is 0.322 bits per heavy atom. The molecule has 0 aliphatic heterocycles. The van der Waals surface area contributed by atoms with Gasteiger partial charge in [0.25, 0.3) is 0 Å². The zero-order valence-electron chi connectivity index (χ0n) is 33.9. The van der Waals surface area contributed by atoms with E-state index in [1.54, 1.807) is 0 Å². The van der Waals surface area contributed by atoms with Crippen molar-refractivity contribution in [2.45, 2.75) is 27.7 Å². The Balaban J connectivity index is 1.30. The minimum atomic E-state index is 0.922. The zero-order valence-corrected chi connectivity index (χ0v) is 33.9. The van der Waals surface area contributed by atoms with Gasteiger partial charge < -0.3 is 4.90 Å². The second-order valence-electron chi connectivity index (χ2n) is 15.4. The van der Waals surface area contributed by atoms with Crippen molar-refractivity contribution >= 4 is 17.1 Å². The lowest BCUT2D eigenvalue weighted by atomic mass is 9.95. The van der Waals surface area contributed by atoms with Crippen LogP contribution in [0.4, 0.5) is 17.1 Å². The van der Waals surface area contributed by atoms with Crippen LogP contribution in [0.3, 0.4) is 0 Å². The zero-order chi connectivity index (χ0) is 40.3. The van der Waals surface area contributed by atoms with Gasteiger partial charge >= 0.3 is 0 Å². The molecule has 0 saturated heterocycles. The van der Waals surface area contributed by atoms with Crippen LogP contribution in [0.5, 0.6) is 0 Å². The van der Waals surface area contributed by atoms with Gasteiger partial charge in [0.1, 0.15) is 0 Å². The number of hydrogen-bond acceptors (Lipinski definition) is 3. The fourth-order valence-corrected chi connectivity index (χ4v) is 7.98. The van der Waals surface area contributed by atoms with Crippen LogP contribution in [0.2, 0.25) is 0 Å². The average Bonchev–Trinajstić information content (AvgIpc) is 3.29. The van der Waals surface area contributed by atoms with Gasteiger partial charge in [0.2, 0.25) is 0 Å². The molecule has 0 unspecified atom stereocenters. The Morgan fingerprint density at radius 3 is 1.14 bits per heavy atom. The third kappa shape index (κ3) is 7.84. The van der Waals surface area contributed by atoms with Crippen LogP contribution in [0, 0.1) is 27.7 Å². The van der Waals surface area contributed by atoms with E-state index in [2.05, 4.69) is 221 Å². The van der Waals surface area contributed by atoms with Crippen molar-refractivity contribution in [3.63, 3.8) is 0 Å². The topological polar surface area (TPSA) is 29.0 Å². The van der Waals surface area contributed by atoms with Gasteiger partial charge in [-0.3, -0.25) is 9.97 Å². The molecule has 9 rings (SSSR count). The summed E-state index contributed by atoms with van der Waals surface area (Å²) in [5.41, 5.74) is 21.0. The first kappa shape index (κ1) is 37.2. The quantitative estimate of drug-likeness (QED) is 0.147. The maximum Gasteiger partial charge on any atom is 0.0709 e. The highest BCUT2D eigenvalue weighted by molar-refractivity contribution is 5.89. The van der Waals surface area contributed by atoms with E-state index in [0.29, 0.717) is 0 Å². The van der Waals surface area contributed by atoms with Crippen molar-refractivity contribution in [2.75, 3.05) is 4.90 Å². The molecule has 0 saturated carbocycles. The molecule has 9 aromatic rings. The molecule has 0 aliphatic carbocycles. The highest BCUT2D eigenvalue weighted by Crippen LogP contribution is 2.44. The molecule has 0 atom stereocenters. The van der Waals surface area contributed by atoms with E-state index >= 15 is 0 Å². The number of rotatable bonds is 9. The van der Waals surface area contributed by atoms with Crippen LogP contribution < -0.4 is 4.90 Å². The highest BCUT2D eigenvalue weighted by Gasteiger charge is 2.21. The van der Waals surface area contributed by atoms with Crippen LogP contribution in [-0.4, -0.2) is 9.97 Å². The molecule has 0 fully saturated rings. The molecule has 3 heteroatoms. The number of benzene rings is 7. The second kappa shape index (κ2) is 16.2. The molecule has 0 aliphatic rings. The third-order valence-electron chi connectivity index (χ3n) is 11.1. The third-order valence-corrected chi connectivity index (χ3v) is 11.1. The molecule has 284 valence electrons. The summed E-state index contributed by atoms with van der Waals surface area (Å²) in [6, 6.07) is 67.5. The number of nitrogens with zero attached hydrogens (tertiary/aromatic N) is 3. The number of anilines is 3. The van der Waals surface area contributed by atoms with Crippen molar-refractivity contribution in [1.82, 2.24) is 9.97 Å². The molecule has 2 aromatic heterocycles. The van der Waals surface area contributed by atoms with Gasteiger partial charge in [-0.15, -0.1) is 0 Å².